The number of aliphatic imine (C=N–C) groups is 1. The number of aromatic hydroxyl groups is 1. The fourth-order valence-electron chi connectivity index (χ4n) is 3.93. The van der Waals surface area contributed by atoms with Gasteiger partial charge in [0.05, 0.1) is 12.3 Å². The molecule has 0 atom stereocenters. The van der Waals surface area contributed by atoms with Crippen molar-refractivity contribution in [2.45, 2.75) is 95.1 Å². The first-order valence-corrected chi connectivity index (χ1v) is 13.4. The highest BCUT2D eigenvalue weighted by atomic mass is 19.4. The van der Waals surface area contributed by atoms with Gasteiger partial charge >= 0.3 is 23.9 Å². The Morgan fingerprint density at radius 2 is 1.39 bits per heavy atom. The molecule has 41 heavy (non-hydrogen) atoms. The number of unbranched alkanes of at least 4 members (excludes halogenated alkanes) is 6. The van der Waals surface area contributed by atoms with Crippen molar-refractivity contribution in [2.75, 3.05) is 6.61 Å². The van der Waals surface area contributed by atoms with Crippen molar-refractivity contribution in [1.29, 1.82) is 0 Å². The van der Waals surface area contributed by atoms with Crippen molar-refractivity contribution < 1.29 is 49.4 Å². The molecule has 0 radical (unpaired) electrons. The van der Waals surface area contributed by atoms with Gasteiger partial charge in [-0.15, -0.1) is 0 Å². The zero-order valence-corrected chi connectivity index (χ0v) is 22.6. The topological polar surface area (TPSA) is 41.8 Å². The summed E-state index contributed by atoms with van der Waals surface area (Å²) in [5, 5.41) is 10.2. The Morgan fingerprint density at radius 3 is 2.00 bits per heavy atom. The lowest BCUT2D eigenvalue weighted by Gasteiger charge is -2.33. The number of nitrogens with zero attached hydrogens (tertiary/aromatic N) is 1. The fraction of sp³-hybridized carbons (Fsp3) is 0.552. The fourth-order valence-corrected chi connectivity index (χ4v) is 3.93. The molecular formula is C29H34F9NO2. The number of rotatable bonds is 17. The monoisotopic (exact) mass is 599 g/mol. The summed E-state index contributed by atoms with van der Waals surface area (Å²) >= 11 is 0. The van der Waals surface area contributed by atoms with Crippen molar-refractivity contribution in [3.63, 3.8) is 0 Å². The Labute approximate surface area is 233 Å². The zero-order valence-electron chi connectivity index (χ0n) is 22.6. The Kier molecular flexibility index (Phi) is 12.4. The van der Waals surface area contributed by atoms with Crippen LogP contribution in [-0.2, 0) is 6.42 Å². The molecule has 0 unspecified atom stereocenters. The van der Waals surface area contributed by atoms with Crippen LogP contribution < -0.4 is 4.74 Å². The van der Waals surface area contributed by atoms with Gasteiger partial charge in [0.1, 0.15) is 11.5 Å². The van der Waals surface area contributed by atoms with E-state index in [4.69, 9.17) is 4.74 Å². The standard InChI is InChI=1S/C29H34F9NO2/c1-2-3-4-7-10-21-11-14-23(15-12-21)39-20-22-13-16-24(19-25(22)40)41-18-9-6-5-8-17-26(30,31)27(32,33)28(34,35)29(36,37)38/h11-16,19-20,40H,2-10,17-18H2,1H3. The SMILES string of the molecule is CCCCCCc1ccc(N=Cc2ccc(OCCCCCCC(F)(F)C(F)(F)C(F)(F)C(F)(F)F)cc2O)cc1. The van der Waals surface area contributed by atoms with Crippen molar-refractivity contribution in [1.82, 2.24) is 0 Å². The molecule has 0 spiro atoms. The summed E-state index contributed by atoms with van der Waals surface area (Å²) < 4.78 is 121. The lowest BCUT2D eigenvalue weighted by atomic mass is 9.98. The van der Waals surface area contributed by atoms with E-state index >= 15 is 0 Å². The summed E-state index contributed by atoms with van der Waals surface area (Å²) in [7, 11) is 0. The molecule has 2 aromatic rings. The van der Waals surface area contributed by atoms with Crippen molar-refractivity contribution >= 4 is 11.9 Å². The molecule has 0 aromatic heterocycles. The number of phenols is 1. The van der Waals surface area contributed by atoms with Gasteiger partial charge < -0.3 is 9.84 Å². The van der Waals surface area contributed by atoms with Gasteiger partial charge in [-0.2, -0.15) is 39.5 Å². The smallest absolute Gasteiger partial charge is 0.460 e. The number of halogens is 9. The van der Waals surface area contributed by atoms with Crippen LogP contribution >= 0.6 is 0 Å². The molecule has 2 rings (SSSR count). The zero-order chi connectivity index (χ0) is 30.7. The number of alkyl halides is 9. The van der Waals surface area contributed by atoms with Gasteiger partial charge in [-0.3, -0.25) is 4.99 Å². The average molecular weight is 600 g/mol. The molecule has 3 nitrogen and oxygen atoms in total. The lowest BCUT2D eigenvalue weighted by Crippen LogP contribution is -2.60. The molecule has 1 N–H and O–H groups in total. The molecule has 0 amide bonds. The van der Waals surface area contributed by atoms with E-state index in [0.717, 1.165) is 18.5 Å². The second kappa shape index (κ2) is 14.8. The highest BCUT2D eigenvalue weighted by Gasteiger charge is 2.81. The molecule has 12 heteroatoms. The van der Waals surface area contributed by atoms with Crippen molar-refractivity contribution in [3.05, 3.63) is 53.6 Å². The molecule has 2 aromatic carbocycles. The maximum Gasteiger partial charge on any atom is 0.460 e. The molecule has 0 aliphatic carbocycles. The Bertz CT molecular complexity index is 1100. The predicted octanol–water partition coefficient (Wildman–Crippen LogP) is 10.1. The summed E-state index contributed by atoms with van der Waals surface area (Å²) in [5.74, 6) is -18.8. The van der Waals surface area contributed by atoms with Gasteiger partial charge in [-0.05, 0) is 55.5 Å². The van der Waals surface area contributed by atoms with E-state index in [0.29, 0.717) is 11.3 Å². The highest BCUT2D eigenvalue weighted by Crippen LogP contribution is 2.54. The van der Waals surface area contributed by atoms with Gasteiger partial charge in [0, 0.05) is 24.3 Å². The summed E-state index contributed by atoms with van der Waals surface area (Å²) in [4.78, 5) is 4.36. The van der Waals surface area contributed by atoms with E-state index in [2.05, 4.69) is 11.9 Å². The van der Waals surface area contributed by atoms with Gasteiger partial charge in [0.15, 0.2) is 0 Å². The van der Waals surface area contributed by atoms with Crippen LogP contribution in [0.15, 0.2) is 47.5 Å². The van der Waals surface area contributed by atoms with Gasteiger partial charge in [0.2, 0.25) is 0 Å². The first-order valence-electron chi connectivity index (χ1n) is 13.4. The first kappa shape index (κ1) is 34.3. The van der Waals surface area contributed by atoms with Crippen LogP contribution in [0.25, 0.3) is 0 Å². The number of benzene rings is 2. The second-order valence-corrected chi connectivity index (χ2v) is 9.82. The quantitative estimate of drug-likeness (QED) is 0.112. The summed E-state index contributed by atoms with van der Waals surface area (Å²) in [6.07, 6.45) is -1.76. The van der Waals surface area contributed by atoms with E-state index in [-0.39, 0.29) is 31.6 Å². The Hall–Kier alpha value is -2.92. The number of ether oxygens (including phenoxy) is 1. The van der Waals surface area contributed by atoms with Crippen LogP contribution in [0.3, 0.4) is 0 Å². The molecule has 0 fully saturated rings. The summed E-state index contributed by atoms with van der Waals surface area (Å²) in [6.45, 7) is 2.23. The second-order valence-electron chi connectivity index (χ2n) is 9.82. The first-order chi connectivity index (χ1) is 19.1. The normalized spacial score (nSPS) is 13.2. The number of hydrogen-bond acceptors (Lipinski definition) is 3. The van der Waals surface area contributed by atoms with Gasteiger partial charge in [-0.25, -0.2) is 0 Å². The average Bonchev–Trinajstić information content (AvgIpc) is 2.90. The van der Waals surface area contributed by atoms with E-state index in [9.17, 15) is 44.6 Å². The lowest BCUT2D eigenvalue weighted by molar-refractivity contribution is -0.396. The summed E-state index contributed by atoms with van der Waals surface area (Å²) in [5.41, 5.74) is 2.39. The van der Waals surface area contributed by atoms with Crippen LogP contribution in [0.5, 0.6) is 11.5 Å². The molecule has 0 aliphatic heterocycles. The van der Waals surface area contributed by atoms with E-state index in [1.807, 2.05) is 24.3 Å². The molecule has 0 bridgehead atoms. The minimum absolute atomic E-state index is 0.0658. The van der Waals surface area contributed by atoms with E-state index < -0.39 is 36.8 Å². The molecule has 0 heterocycles. The molecular weight excluding hydrogens is 565 g/mol. The number of aryl methyl sites for hydroxylation is 1. The predicted molar refractivity (Wildman–Crippen MR) is 139 cm³/mol. The minimum atomic E-state index is -6.86. The summed E-state index contributed by atoms with van der Waals surface area (Å²) in [6, 6.07) is 12.3. The molecule has 0 saturated carbocycles. The molecule has 0 saturated heterocycles. The number of hydrogen-bond donors (Lipinski definition) is 1. The minimum Gasteiger partial charge on any atom is -0.507 e. The third kappa shape index (κ3) is 9.56. The molecule has 0 aliphatic rings. The maximum absolute atomic E-state index is 13.5. The van der Waals surface area contributed by atoms with E-state index in [1.165, 1.54) is 37.1 Å². The number of phenolic OH excluding ortho intramolecular Hbond substituents is 1. The Morgan fingerprint density at radius 1 is 0.756 bits per heavy atom. The van der Waals surface area contributed by atoms with Crippen molar-refractivity contribution in [3.8, 4) is 11.5 Å². The van der Waals surface area contributed by atoms with Gasteiger partial charge in [-0.1, -0.05) is 51.2 Å². The highest BCUT2D eigenvalue weighted by molar-refractivity contribution is 5.85. The molecule has 230 valence electrons. The van der Waals surface area contributed by atoms with Crippen LogP contribution in [0.1, 0.15) is 75.8 Å². The van der Waals surface area contributed by atoms with Crippen LogP contribution in [0.4, 0.5) is 45.2 Å². The van der Waals surface area contributed by atoms with Crippen molar-refractivity contribution in [2.24, 2.45) is 4.99 Å². The van der Waals surface area contributed by atoms with Crippen LogP contribution in [0, 0.1) is 0 Å². The van der Waals surface area contributed by atoms with Crippen LogP contribution in [0.2, 0.25) is 0 Å². The van der Waals surface area contributed by atoms with Gasteiger partial charge in [0.25, 0.3) is 0 Å². The maximum atomic E-state index is 13.5. The Balaban J connectivity index is 1.75. The van der Waals surface area contributed by atoms with Crippen LogP contribution in [-0.4, -0.2) is 41.9 Å². The van der Waals surface area contributed by atoms with E-state index in [1.54, 1.807) is 12.1 Å². The third-order valence-electron chi connectivity index (χ3n) is 6.47. The third-order valence-corrected chi connectivity index (χ3v) is 6.47. The largest absolute Gasteiger partial charge is 0.507 e.